The highest BCUT2D eigenvalue weighted by molar-refractivity contribution is 5.35. The van der Waals surface area contributed by atoms with Crippen LogP contribution in [0.5, 0.6) is 5.75 Å². The van der Waals surface area contributed by atoms with Crippen LogP contribution in [0, 0.1) is 0 Å². The Balaban J connectivity index is 1.95. The van der Waals surface area contributed by atoms with Gasteiger partial charge < -0.3 is 10.5 Å². The minimum atomic E-state index is 0.0367. The minimum absolute atomic E-state index is 0.0367. The summed E-state index contributed by atoms with van der Waals surface area (Å²) in [6, 6.07) is 8.03. The minimum Gasteiger partial charge on any atom is -0.493 e. The summed E-state index contributed by atoms with van der Waals surface area (Å²) in [6.07, 6.45) is 5.63. The maximum atomic E-state index is 6.09. The molecule has 0 bridgehead atoms. The molecule has 1 unspecified atom stereocenters. The van der Waals surface area contributed by atoms with E-state index >= 15 is 0 Å². The Morgan fingerprint density at radius 1 is 1.37 bits per heavy atom. The number of nitrogens with two attached hydrogens (primary N) is 1. The number of nitrogens with zero attached hydrogens (tertiary/aromatic N) is 2. The van der Waals surface area contributed by atoms with Crippen LogP contribution in [0.15, 0.2) is 36.7 Å². The molecule has 0 aliphatic heterocycles. The van der Waals surface area contributed by atoms with E-state index in [1.165, 1.54) is 5.56 Å². The molecule has 2 rings (SSSR count). The lowest BCUT2D eigenvalue weighted by molar-refractivity contribution is 0.316. The Bertz CT molecular complexity index is 522. The first-order valence-corrected chi connectivity index (χ1v) is 6.65. The summed E-state index contributed by atoms with van der Waals surface area (Å²) in [5.41, 5.74) is 8.35. The SMILES string of the molecule is CCC(N)c1ccccc1OCCc1cnn(C)c1. The number of ether oxygens (including phenoxy) is 1. The third kappa shape index (κ3) is 3.58. The van der Waals surface area contributed by atoms with Gasteiger partial charge >= 0.3 is 0 Å². The number of benzene rings is 1. The lowest BCUT2D eigenvalue weighted by atomic mass is 10.0. The molecule has 0 fully saturated rings. The molecule has 2 N–H and O–H groups in total. The van der Waals surface area contributed by atoms with Crippen LogP contribution in [0.25, 0.3) is 0 Å². The van der Waals surface area contributed by atoms with E-state index in [9.17, 15) is 0 Å². The highest BCUT2D eigenvalue weighted by Crippen LogP contribution is 2.25. The van der Waals surface area contributed by atoms with Crippen LogP contribution in [-0.4, -0.2) is 16.4 Å². The second-order valence-electron chi connectivity index (χ2n) is 4.67. The predicted octanol–water partition coefficient (Wildman–Crippen LogP) is 2.45. The fourth-order valence-electron chi connectivity index (χ4n) is 2.02. The van der Waals surface area contributed by atoms with Gasteiger partial charge in [-0.1, -0.05) is 25.1 Å². The molecule has 0 saturated carbocycles. The Kier molecular flexibility index (Phi) is 4.58. The molecule has 4 nitrogen and oxygen atoms in total. The molecule has 1 heterocycles. The Hall–Kier alpha value is -1.81. The maximum absolute atomic E-state index is 6.09. The first-order valence-electron chi connectivity index (χ1n) is 6.65. The van der Waals surface area contributed by atoms with Crippen LogP contribution in [0.4, 0.5) is 0 Å². The first kappa shape index (κ1) is 13.6. The van der Waals surface area contributed by atoms with Crippen LogP contribution in [0.2, 0.25) is 0 Å². The standard InChI is InChI=1S/C15H21N3O/c1-3-14(16)13-6-4-5-7-15(13)19-9-8-12-10-17-18(2)11-12/h4-7,10-11,14H,3,8-9,16H2,1-2H3. The molecule has 0 aliphatic rings. The molecule has 0 aliphatic carbocycles. The first-order chi connectivity index (χ1) is 9.20. The third-order valence-corrected chi connectivity index (χ3v) is 3.16. The summed E-state index contributed by atoms with van der Waals surface area (Å²) >= 11 is 0. The average molecular weight is 259 g/mol. The smallest absolute Gasteiger partial charge is 0.124 e. The van der Waals surface area contributed by atoms with E-state index in [4.69, 9.17) is 10.5 Å². The van der Waals surface area contributed by atoms with Crippen molar-refractivity contribution in [1.82, 2.24) is 9.78 Å². The number of rotatable bonds is 6. The van der Waals surface area contributed by atoms with Gasteiger partial charge in [-0.3, -0.25) is 4.68 Å². The van der Waals surface area contributed by atoms with Crippen molar-refractivity contribution in [3.63, 3.8) is 0 Å². The van der Waals surface area contributed by atoms with Crippen molar-refractivity contribution in [2.45, 2.75) is 25.8 Å². The van der Waals surface area contributed by atoms with Gasteiger partial charge in [-0.2, -0.15) is 5.10 Å². The number of para-hydroxylation sites is 1. The van der Waals surface area contributed by atoms with E-state index in [1.54, 1.807) is 4.68 Å². The zero-order valence-corrected chi connectivity index (χ0v) is 11.5. The number of hydrogen-bond donors (Lipinski definition) is 1. The van der Waals surface area contributed by atoms with Crippen LogP contribution in [0.1, 0.15) is 30.5 Å². The lowest BCUT2D eigenvalue weighted by Crippen LogP contribution is -2.11. The number of aromatic nitrogens is 2. The van der Waals surface area contributed by atoms with E-state index in [2.05, 4.69) is 12.0 Å². The normalized spacial score (nSPS) is 12.4. The van der Waals surface area contributed by atoms with Crippen molar-refractivity contribution in [3.05, 3.63) is 47.8 Å². The van der Waals surface area contributed by atoms with Gasteiger partial charge in [-0.15, -0.1) is 0 Å². The fourth-order valence-corrected chi connectivity index (χ4v) is 2.02. The molecular formula is C15H21N3O. The highest BCUT2D eigenvalue weighted by atomic mass is 16.5. The second kappa shape index (κ2) is 6.38. The molecule has 1 atom stereocenters. The van der Waals surface area contributed by atoms with E-state index in [0.29, 0.717) is 6.61 Å². The van der Waals surface area contributed by atoms with Gasteiger partial charge in [0.1, 0.15) is 5.75 Å². The molecule has 2 aromatic rings. The summed E-state index contributed by atoms with van der Waals surface area (Å²) in [6.45, 7) is 2.72. The highest BCUT2D eigenvalue weighted by Gasteiger charge is 2.09. The summed E-state index contributed by atoms with van der Waals surface area (Å²) in [5.74, 6) is 0.890. The topological polar surface area (TPSA) is 53.1 Å². The van der Waals surface area contributed by atoms with Gasteiger partial charge in [-0.05, 0) is 18.1 Å². The molecule has 1 aromatic carbocycles. The molecule has 0 saturated heterocycles. The van der Waals surface area contributed by atoms with Gasteiger partial charge in [0.25, 0.3) is 0 Å². The molecule has 0 amide bonds. The molecule has 4 heteroatoms. The monoisotopic (exact) mass is 259 g/mol. The van der Waals surface area contributed by atoms with Crippen molar-refractivity contribution >= 4 is 0 Å². The van der Waals surface area contributed by atoms with Gasteiger partial charge in [0.15, 0.2) is 0 Å². The van der Waals surface area contributed by atoms with Crippen LogP contribution < -0.4 is 10.5 Å². The fraction of sp³-hybridized carbons (Fsp3) is 0.400. The van der Waals surface area contributed by atoms with Crippen molar-refractivity contribution in [1.29, 1.82) is 0 Å². The van der Waals surface area contributed by atoms with Crippen LogP contribution >= 0.6 is 0 Å². The second-order valence-corrected chi connectivity index (χ2v) is 4.67. The summed E-state index contributed by atoms with van der Waals surface area (Å²) in [7, 11) is 1.92. The zero-order chi connectivity index (χ0) is 13.7. The molecule has 0 radical (unpaired) electrons. The Morgan fingerprint density at radius 2 is 2.16 bits per heavy atom. The Labute approximate surface area is 114 Å². The number of hydrogen-bond acceptors (Lipinski definition) is 3. The van der Waals surface area contributed by atoms with E-state index in [0.717, 1.165) is 24.2 Å². The van der Waals surface area contributed by atoms with Gasteiger partial charge in [-0.25, -0.2) is 0 Å². The van der Waals surface area contributed by atoms with E-state index in [1.807, 2.05) is 43.7 Å². The van der Waals surface area contributed by atoms with E-state index in [-0.39, 0.29) is 6.04 Å². The van der Waals surface area contributed by atoms with Crippen molar-refractivity contribution < 1.29 is 4.74 Å². The lowest BCUT2D eigenvalue weighted by Gasteiger charge is -2.15. The predicted molar refractivity (Wildman–Crippen MR) is 76.1 cm³/mol. The number of aryl methyl sites for hydroxylation is 1. The summed E-state index contributed by atoms with van der Waals surface area (Å²) < 4.78 is 7.66. The third-order valence-electron chi connectivity index (χ3n) is 3.16. The summed E-state index contributed by atoms with van der Waals surface area (Å²) in [5, 5.41) is 4.14. The molecule has 1 aromatic heterocycles. The van der Waals surface area contributed by atoms with Crippen molar-refractivity contribution in [2.24, 2.45) is 12.8 Å². The van der Waals surface area contributed by atoms with Gasteiger partial charge in [0.05, 0.1) is 12.8 Å². The van der Waals surface area contributed by atoms with Crippen LogP contribution in [0.3, 0.4) is 0 Å². The van der Waals surface area contributed by atoms with Gasteiger partial charge in [0, 0.05) is 31.3 Å². The molecule has 102 valence electrons. The summed E-state index contributed by atoms with van der Waals surface area (Å²) in [4.78, 5) is 0. The maximum Gasteiger partial charge on any atom is 0.124 e. The zero-order valence-electron chi connectivity index (χ0n) is 11.5. The molecule has 19 heavy (non-hydrogen) atoms. The van der Waals surface area contributed by atoms with Crippen molar-refractivity contribution in [3.8, 4) is 5.75 Å². The molecule has 0 spiro atoms. The largest absolute Gasteiger partial charge is 0.493 e. The quantitative estimate of drug-likeness (QED) is 0.867. The van der Waals surface area contributed by atoms with Crippen molar-refractivity contribution in [2.75, 3.05) is 6.61 Å². The molecular weight excluding hydrogens is 238 g/mol. The van der Waals surface area contributed by atoms with Gasteiger partial charge in [0.2, 0.25) is 0 Å². The Morgan fingerprint density at radius 3 is 2.84 bits per heavy atom. The average Bonchev–Trinajstić information content (AvgIpc) is 2.84. The van der Waals surface area contributed by atoms with Crippen LogP contribution in [-0.2, 0) is 13.5 Å². The van der Waals surface area contributed by atoms with E-state index < -0.39 is 0 Å².